The van der Waals surface area contributed by atoms with Gasteiger partial charge in [0.1, 0.15) is 17.1 Å². The molecule has 21 heavy (non-hydrogen) atoms. The highest BCUT2D eigenvalue weighted by molar-refractivity contribution is 5.94. The summed E-state index contributed by atoms with van der Waals surface area (Å²) in [7, 11) is 1.52. The minimum atomic E-state index is -0.408. The molecule has 0 saturated heterocycles. The van der Waals surface area contributed by atoms with Crippen LogP contribution in [-0.2, 0) is 4.74 Å². The normalized spacial score (nSPS) is 10.5. The summed E-state index contributed by atoms with van der Waals surface area (Å²) in [6, 6.07) is 7.12. The highest BCUT2D eigenvalue weighted by atomic mass is 16.5. The van der Waals surface area contributed by atoms with E-state index < -0.39 is 5.97 Å². The maximum Gasteiger partial charge on any atom is 0.342 e. The number of carbonyl (C=O) groups is 1. The Morgan fingerprint density at radius 3 is 2.62 bits per heavy atom. The predicted molar refractivity (Wildman–Crippen MR) is 79.3 cm³/mol. The number of nitrogens with zero attached hydrogens (tertiary/aromatic N) is 2. The Morgan fingerprint density at radius 1 is 1.24 bits per heavy atom. The standard InChI is InChI=1S/C16H18N2O3/c1-10(2)21-16(19)13-9-12(5-6-15(13)20-4)14-7-8-17-11(3)18-14/h5-10H,1-4H3. The van der Waals surface area contributed by atoms with Gasteiger partial charge < -0.3 is 9.47 Å². The van der Waals surface area contributed by atoms with E-state index >= 15 is 0 Å². The summed E-state index contributed by atoms with van der Waals surface area (Å²) in [5.74, 6) is 0.749. The number of carbonyl (C=O) groups excluding carboxylic acids is 1. The van der Waals surface area contributed by atoms with E-state index in [-0.39, 0.29) is 6.10 Å². The van der Waals surface area contributed by atoms with Crippen LogP contribution in [0.1, 0.15) is 30.0 Å². The molecule has 0 aliphatic heterocycles. The van der Waals surface area contributed by atoms with Crippen molar-refractivity contribution in [1.29, 1.82) is 0 Å². The molecule has 0 radical (unpaired) electrons. The zero-order chi connectivity index (χ0) is 15.4. The van der Waals surface area contributed by atoms with Crippen LogP contribution in [0, 0.1) is 6.92 Å². The number of aromatic nitrogens is 2. The predicted octanol–water partition coefficient (Wildman–Crippen LogP) is 3.03. The van der Waals surface area contributed by atoms with Crippen LogP contribution in [0.5, 0.6) is 5.75 Å². The Morgan fingerprint density at radius 2 is 2.00 bits per heavy atom. The van der Waals surface area contributed by atoms with Crippen LogP contribution in [0.3, 0.4) is 0 Å². The third kappa shape index (κ3) is 3.56. The lowest BCUT2D eigenvalue weighted by Crippen LogP contribution is -2.12. The van der Waals surface area contributed by atoms with Crippen LogP contribution in [0.25, 0.3) is 11.3 Å². The Kier molecular flexibility index (Phi) is 4.52. The van der Waals surface area contributed by atoms with Gasteiger partial charge in [-0.2, -0.15) is 0 Å². The molecule has 2 aromatic rings. The van der Waals surface area contributed by atoms with Gasteiger partial charge in [0.2, 0.25) is 0 Å². The van der Waals surface area contributed by atoms with Crippen molar-refractivity contribution in [3.63, 3.8) is 0 Å². The lowest BCUT2D eigenvalue weighted by molar-refractivity contribution is 0.0374. The van der Waals surface area contributed by atoms with E-state index in [1.807, 2.05) is 26.8 Å². The minimum absolute atomic E-state index is 0.188. The van der Waals surface area contributed by atoms with E-state index in [0.29, 0.717) is 17.1 Å². The van der Waals surface area contributed by atoms with E-state index in [1.165, 1.54) is 7.11 Å². The Hall–Kier alpha value is -2.43. The van der Waals surface area contributed by atoms with E-state index in [0.717, 1.165) is 11.3 Å². The molecule has 110 valence electrons. The fourth-order valence-corrected chi connectivity index (χ4v) is 1.92. The molecule has 1 aromatic carbocycles. The third-order valence-corrected chi connectivity index (χ3v) is 2.83. The van der Waals surface area contributed by atoms with Crippen molar-refractivity contribution < 1.29 is 14.3 Å². The van der Waals surface area contributed by atoms with Crippen molar-refractivity contribution in [3.8, 4) is 17.0 Å². The third-order valence-electron chi connectivity index (χ3n) is 2.83. The van der Waals surface area contributed by atoms with Crippen LogP contribution < -0.4 is 4.74 Å². The van der Waals surface area contributed by atoms with Crippen LogP contribution in [0.15, 0.2) is 30.5 Å². The summed E-state index contributed by atoms with van der Waals surface area (Å²) in [5, 5.41) is 0. The quantitative estimate of drug-likeness (QED) is 0.808. The molecule has 1 heterocycles. The number of benzene rings is 1. The highest BCUT2D eigenvalue weighted by Gasteiger charge is 2.16. The summed E-state index contributed by atoms with van der Waals surface area (Å²) < 4.78 is 10.5. The number of hydrogen-bond donors (Lipinski definition) is 0. The molecule has 5 nitrogen and oxygen atoms in total. The second-order valence-corrected chi connectivity index (χ2v) is 4.86. The van der Waals surface area contributed by atoms with E-state index in [1.54, 1.807) is 24.4 Å². The van der Waals surface area contributed by atoms with Crippen molar-refractivity contribution in [1.82, 2.24) is 9.97 Å². The topological polar surface area (TPSA) is 61.3 Å². The Balaban J connectivity index is 2.44. The molecule has 0 N–H and O–H groups in total. The second kappa shape index (κ2) is 6.35. The summed E-state index contributed by atoms with van der Waals surface area (Å²) in [5.41, 5.74) is 1.96. The molecule has 2 rings (SSSR count). The van der Waals surface area contributed by atoms with Crippen molar-refractivity contribution in [2.45, 2.75) is 26.9 Å². The smallest absolute Gasteiger partial charge is 0.342 e. The van der Waals surface area contributed by atoms with Crippen LogP contribution in [0.4, 0.5) is 0 Å². The zero-order valence-electron chi connectivity index (χ0n) is 12.6. The van der Waals surface area contributed by atoms with Gasteiger partial charge in [0.15, 0.2) is 0 Å². The molecular formula is C16H18N2O3. The van der Waals surface area contributed by atoms with E-state index in [4.69, 9.17) is 9.47 Å². The lowest BCUT2D eigenvalue weighted by atomic mass is 10.1. The first-order valence-electron chi connectivity index (χ1n) is 6.70. The van der Waals surface area contributed by atoms with Crippen LogP contribution in [-0.4, -0.2) is 29.2 Å². The molecule has 0 saturated carbocycles. The Labute approximate surface area is 124 Å². The van der Waals surface area contributed by atoms with Gasteiger partial charge >= 0.3 is 5.97 Å². The van der Waals surface area contributed by atoms with Crippen LogP contribution >= 0.6 is 0 Å². The maximum absolute atomic E-state index is 12.2. The molecule has 0 unspecified atom stereocenters. The van der Waals surface area contributed by atoms with Gasteiger partial charge in [-0.1, -0.05) is 0 Å². The van der Waals surface area contributed by atoms with E-state index in [2.05, 4.69) is 9.97 Å². The first kappa shape index (κ1) is 15.0. The number of aryl methyl sites for hydroxylation is 1. The molecule has 0 atom stereocenters. The number of esters is 1. The minimum Gasteiger partial charge on any atom is -0.496 e. The number of rotatable bonds is 4. The van der Waals surface area contributed by atoms with E-state index in [9.17, 15) is 4.79 Å². The number of ether oxygens (including phenoxy) is 2. The Bertz CT molecular complexity index is 654. The number of hydrogen-bond acceptors (Lipinski definition) is 5. The first-order chi connectivity index (χ1) is 10.0. The van der Waals surface area contributed by atoms with Crippen LogP contribution in [0.2, 0.25) is 0 Å². The second-order valence-electron chi connectivity index (χ2n) is 4.86. The molecule has 0 aliphatic rings. The molecule has 0 bridgehead atoms. The van der Waals surface area contributed by atoms with Gasteiger partial charge in [-0.05, 0) is 45.0 Å². The zero-order valence-corrected chi connectivity index (χ0v) is 12.6. The van der Waals surface area contributed by atoms with Gasteiger partial charge in [-0.25, -0.2) is 14.8 Å². The molecule has 0 fully saturated rings. The summed E-state index contributed by atoms with van der Waals surface area (Å²) in [4.78, 5) is 20.6. The highest BCUT2D eigenvalue weighted by Crippen LogP contribution is 2.26. The summed E-state index contributed by atoms with van der Waals surface area (Å²) >= 11 is 0. The molecule has 0 amide bonds. The van der Waals surface area contributed by atoms with Crippen molar-refractivity contribution in [2.24, 2.45) is 0 Å². The monoisotopic (exact) mass is 286 g/mol. The van der Waals surface area contributed by atoms with Crippen molar-refractivity contribution >= 4 is 5.97 Å². The van der Waals surface area contributed by atoms with Crippen molar-refractivity contribution in [3.05, 3.63) is 41.9 Å². The molecule has 0 spiro atoms. The average molecular weight is 286 g/mol. The van der Waals surface area contributed by atoms with Gasteiger partial charge in [-0.3, -0.25) is 0 Å². The maximum atomic E-state index is 12.2. The summed E-state index contributed by atoms with van der Waals surface area (Å²) in [6.07, 6.45) is 1.50. The van der Waals surface area contributed by atoms with Gasteiger partial charge in [0.05, 0.1) is 18.9 Å². The van der Waals surface area contributed by atoms with Gasteiger partial charge in [-0.15, -0.1) is 0 Å². The fourth-order valence-electron chi connectivity index (χ4n) is 1.92. The molecule has 5 heteroatoms. The van der Waals surface area contributed by atoms with Crippen molar-refractivity contribution in [2.75, 3.05) is 7.11 Å². The molecule has 1 aromatic heterocycles. The largest absolute Gasteiger partial charge is 0.496 e. The average Bonchev–Trinajstić information content (AvgIpc) is 2.46. The van der Waals surface area contributed by atoms with Gasteiger partial charge in [0.25, 0.3) is 0 Å². The molecular weight excluding hydrogens is 268 g/mol. The number of methoxy groups -OCH3 is 1. The summed E-state index contributed by atoms with van der Waals surface area (Å²) in [6.45, 7) is 5.44. The fraction of sp³-hybridized carbons (Fsp3) is 0.312. The lowest BCUT2D eigenvalue weighted by Gasteiger charge is -2.12. The first-order valence-corrected chi connectivity index (χ1v) is 6.70. The van der Waals surface area contributed by atoms with Gasteiger partial charge in [0, 0.05) is 11.8 Å². The molecule has 0 aliphatic carbocycles. The SMILES string of the molecule is COc1ccc(-c2ccnc(C)n2)cc1C(=O)OC(C)C.